The molecule has 2 aliphatic rings. The zero-order valence-electron chi connectivity index (χ0n) is 17.3. The molecule has 0 spiro atoms. The van der Waals surface area contributed by atoms with Crippen LogP contribution in [0.1, 0.15) is 23.8 Å². The number of ether oxygens (including phenoxy) is 2. The summed E-state index contributed by atoms with van der Waals surface area (Å²) in [6.45, 7) is 1.17. The van der Waals surface area contributed by atoms with E-state index in [0.717, 1.165) is 6.20 Å². The topological polar surface area (TPSA) is 98.8 Å². The molecule has 4 atom stereocenters. The highest BCUT2D eigenvalue weighted by Gasteiger charge is 2.33. The lowest BCUT2D eigenvalue weighted by molar-refractivity contribution is -0.153. The van der Waals surface area contributed by atoms with Crippen LogP contribution >= 0.6 is 0 Å². The molecule has 0 radical (unpaired) electrons. The number of allylic oxidation sites excluding steroid dienone is 2. The van der Waals surface area contributed by atoms with Crippen LogP contribution in [0.4, 0.5) is 17.6 Å². The standard InChI is InChI=1S/C21H24F4N4O3/c1-12-6-7-31-10-18(26)29-19(12)15-8-13(2-4-16(15)22)28-20(30)17-5-3-14(9-27-17)32-11-21(23,24)25/h2-5,8-9,12,15-16,19H,6-7,10-11H2,1H3,(H2,26,29)(H,28,30)/t12-,15?,16?,19-/m0/s1. The molecule has 2 unspecified atom stereocenters. The lowest BCUT2D eigenvalue weighted by Crippen LogP contribution is -2.38. The van der Waals surface area contributed by atoms with Crippen molar-refractivity contribution in [2.24, 2.45) is 22.6 Å². The fraction of sp³-hybridized carbons (Fsp3) is 0.476. The number of carbonyl (C=O) groups is 1. The number of hydrogen-bond donors (Lipinski definition) is 2. The predicted molar refractivity (Wildman–Crippen MR) is 109 cm³/mol. The number of pyridine rings is 1. The molecule has 0 saturated carbocycles. The van der Waals surface area contributed by atoms with Gasteiger partial charge in [0.25, 0.3) is 5.91 Å². The molecule has 174 valence electrons. The largest absolute Gasteiger partial charge is 0.483 e. The Kier molecular flexibility index (Phi) is 7.49. The SMILES string of the molecule is C[C@H]1CCOCC(N)=N[C@@H]1C1C=C(NC(=O)c2ccc(OCC(F)(F)F)cn2)C=CC1F. The van der Waals surface area contributed by atoms with Crippen LogP contribution in [0, 0.1) is 11.8 Å². The van der Waals surface area contributed by atoms with Gasteiger partial charge in [-0.1, -0.05) is 13.0 Å². The van der Waals surface area contributed by atoms with Gasteiger partial charge in [0.05, 0.1) is 12.2 Å². The summed E-state index contributed by atoms with van der Waals surface area (Å²) in [6.07, 6.45) is 0.334. The number of rotatable bonds is 5. The van der Waals surface area contributed by atoms with Gasteiger partial charge in [-0.3, -0.25) is 9.79 Å². The van der Waals surface area contributed by atoms with Crippen LogP contribution in [-0.4, -0.2) is 54.9 Å². The molecule has 1 amide bonds. The van der Waals surface area contributed by atoms with Crippen LogP contribution in [0.25, 0.3) is 0 Å². The first-order valence-corrected chi connectivity index (χ1v) is 10.0. The quantitative estimate of drug-likeness (QED) is 0.664. The van der Waals surface area contributed by atoms with Crippen molar-refractivity contribution in [1.82, 2.24) is 10.3 Å². The van der Waals surface area contributed by atoms with Crippen LogP contribution in [0.15, 0.2) is 47.2 Å². The first-order valence-electron chi connectivity index (χ1n) is 10.0. The van der Waals surface area contributed by atoms with Crippen molar-refractivity contribution in [2.75, 3.05) is 19.8 Å². The van der Waals surface area contributed by atoms with Gasteiger partial charge in [-0.2, -0.15) is 13.2 Å². The smallest absolute Gasteiger partial charge is 0.422 e. The zero-order valence-corrected chi connectivity index (χ0v) is 17.3. The van der Waals surface area contributed by atoms with Gasteiger partial charge in [-0.05, 0) is 36.6 Å². The number of aromatic nitrogens is 1. The number of aliphatic imine (C=N–C) groups is 1. The summed E-state index contributed by atoms with van der Waals surface area (Å²) in [5.41, 5.74) is 6.21. The fourth-order valence-corrected chi connectivity index (χ4v) is 3.45. The highest BCUT2D eigenvalue weighted by molar-refractivity contribution is 5.93. The lowest BCUT2D eigenvalue weighted by Gasteiger charge is -2.32. The van der Waals surface area contributed by atoms with Crippen LogP contribution in [0.3, 0.4) is 0 Å². The van der Waals surface area contributed by atoms with E-state index < -0.39 is 36.8 Å². The van der Waals surface area contributed by atoms with Gasteiger partial charge in [0.15, 0.2) is 6.61 Å². The van der Waals surface area contributed by atoms with Gasteiger partial charge in [0.1, 0.15) is 30.1 Å². The summed E-state index contributed by atoms with van der Waals surface area (Å²) in [6, 6.07) is 2.04. The third-order valence-corrected chi connectivity index (χ3v) is 5.09. The number of nitrogens with zero attached hydrogens (tertiary/aromatic N) is 2. The number of alkyl halides is 4. The van der Waals surface area contributed by atoms with Gasteiger partial charge in [0, 0.05) is 18.2 Å². The molecule has 0 fully saturated rings. The molecule has 1 aliphatic carbocycles. The Morgan fingerprint density at radius 1 is 1.38 bits per heavy atom. The highest BCUT2D eigenvalue weighted by Crippen LogP contribution is 2.30. The average Bonchev–Trinajstić information content (AvgIpc) is 2.73. The Balaban J connectivity index is 1.69. The Morgan fingerprint density at radius 3 is 2.84 bits per heavy atom. The number of halogens is 4. The van der Waals surface area contributed by atoms with E-state index in [9.17, 15) is 22.4 Å². The third kappa shape index (κ3) is 6.52. The van der Waals surface area contributed by atoms with E-state index in [0.29, 0.717) is 24.6 Å². The molecule has 0 bridgehead atoms. The van der Waals surface area contributed by atoms with Crippen molar-refractivity contribution >= 4 is 11.7 Å². The minimum absolute atomic E-state index is 0.00251. The Labute approximate surface area is 182 Å². The summed E-state index contributed by atoms with van der Waals surface area (Å²) in [7, 11) is 0. The fourth-order valence-electron chi connectivity index (χ4n) is 3.45. The molecule has 1 aromatic rings. The average molecular weight is 456 g/mol. The maximum absolute atomic E-state index is 14.7. The van der Waals surface area contributed by atoms with Crippen LogP contribution in [-0.2, 0) is 4.74 Å². The molecule has 3 N–H and O–H groups in total. The summed E-state index contributed by atoms with van der Waals surface area (Å²) < 4.78 is 61.3. The molecule has 0 saturated heterocycles. The molecule has 2 heterocycles. The Bertz CT molecular complexity index is 899. The monoisotopic (exact) mass is 456 g/mol. The second kappa shape index (κ2) is 10.1. The van der Waals surface area contributed by atoms with E-state index in [2.05, 4.69) is 20.0 Å². The van der Waals surface area contributed by atoms with Crippen molar-refractivity contribution in [2.45, 2.75) is 31.7 Å². The highest BCUT2D eigenvalue weighted by atomic mass is 19.4. The normalized spacial score (nSPS) is 26.4. The lowest BCUT2D eigenvalue weighted by atomic mass is 9.82. The number of amides is 1. The predicted octanol–water partition coefficient (Wildman–Crippen LogP) is 2.94. The summed E-state index contributed by atoms with van der Waals surface area (Å²) in [5, 5.41) is 2.64. The Morgan fingerprint density at radius 2 is 2.16 bits per heavy atom. The van der Waals surface area contributed by atoms with Crippen LogP contribution in [0.5, 0.6) is 5.75 Å². The molecule has 1 aliphatic heterocycles. The summed E-state index contributed by atoms with van der Waals surface area (Å²) >= 11 is 0. The molecular weight excluding hydrogens is 432 g/mol. The zero-order chi connectivity index (χ0) is 23.3. The van der Waals surface area contributed by atoms with Crippen LogP contribution in [0.2, 0.25) is 0 Å². The maximum Gasteiger partial charge on any atom is 0.422 e. The van der Waals surface area contributed by atoms with E-state index in [1.807, 2.05) is 6.92 Å². The minimum Gasteiger partial charge on any atom is -0.483 e. The molecular formula is C21H24F4N4O3. The van der Waals surface area contributed by atoms with Crippen molar-refractivity contribution in [3.8, 4) is 5.75 Å². The first-order chi connectivity index (χ1) is 15.1. The molecule has 3 rings (SSSR count). The van der Waals surface area contributed by atoms with Gasteiger partial charge < -0.3 is 20.5 Å². The second-order valence-electron chi connectivity index (χ2n) is 7.67. The summed E-state index contributed by atoms with van der Waals surface area (Å²) in [5.74, 6) is -1.05. The molecule has 7 nitrogen and oxygen atoms in total. The molecule has 0 aromatic carbocycles. The first kappa shape index (κ1) is 23.7. The van der Waals surface area contributed by atoms with Crippen LogP contribution < -0.4 is 15.8 Å². The number of nitrogens with one attached hydrogen (secondary N) is 1. The third-order valence-electron chi connectivity index (χ3n) is 5.09. The summed E-state index contributed by atoms with van der Waals surface area (Å²) in [4.78, 5) is 20.8. The number of carbonyl (C=O) groups excluding carboxylic acids is 1. The van der Waals surface area contributed by atoms with Crippen molar-refractivity contribution < 1.29 is 31.8 Å². The van der Waals surface area contributed by atoms with E-state index in [1.165, 1.54) is 24.3 Å². The minimum atomic E-state index is -4.48. The van der Waals surface area contributed by atoms with Crippen molar-refractivity contribution in [3.63, 3.8) is 0 Å². The second-order valence-corrected chi connectivity index (χ2v) is 7.67. The van der Waals surface area contributed by atoms with E-state index in [1.54, 1.807) is 6.08 Å². The van der Waals surface area contributed by atoms with E-state index in [-0.39, 0.29) is 24.0 Å². The van der Waals surface area contributed by atoms with Gasteiger partial charge >= 0.3 is 6.18 Å². The van der Waals surface area contributed by atoms with E-state index in [4.69, 9.17) is 10.5 Å². The van der Waals surface area contributed by atoms with Crippen molar-refractivity contribution in [3.05, 3.63) is 47.9 Å². The van der Waals surface area contributed by atoms with Crippen molar-refractivity contribution in [1.29, 1.82) is 0 Å². The number of amidine groups is 1. The number of nitrogens with two attached hydrogens (primary N) is 1. The molecule has 11 heteroatoms. The van der Waals surface area contributed by atoms with Gasteiger partial charge in [0.2, 0.25) is 0 Å². The van der Waals surface area contributed by atoms with Gasteiger partial charge in [-0.15, -0.1) is 0 Å². The molecule has 32 heavy (non-hydrogen) atoms. The van der Waals surface area contributed by atoms with E-state index >= 15 is 0 Å². The van der Waals surface area contributed by atoms with Gasteiger partial charge in [-0.25, -0.2) is 9.37 Å². The molecule has 1 aromatic heterocycles. The number of hydrogen-bond acceptors (Lipinski definition) is 6. The maximum atomic E-state index is 14.7. The Hall–Kier alpha value is -2.95.